The zero-order valence-corrected chi connectivity index (χ0v) is 7.17. The van der Waals surface area contributed by atoms with Crippen molar-refractivity contribution in [3.05, 3.63) is 11.6 Å². The standard InChI is InChI=1S/C6H7BrO4/c7-2-1-4(6(10)11)3-5(8)9/h3H,1-2H2,(H,8,9)(H,10,11). The predicted octanol–water partition coefficient (Wildman–Crippen LogP) is 0.867. The van der Waals surface area contributed by atoms with Gasteiger partial charge in [0.1, 0.15) is 0 Å². The third-order valence-electron chi connectivity index (χ3n) is 0.936. The van der Waals surface area contributed by atoms with Crippen LogP contribution >= 0.6 is 15.9 Å². The fraction of sp³-hybridized carbons (Fsp3) is 0.333. The van der Waals surface area contributed by atoms with Crippen molar-refractivity contribution in [3.8, 4) is 0 Å². The van der Waals surface area contributed by atoms with Gasteiger partial charge in [-0.3, -0.25) is 0 Å². The Bertz CT molecular complexity index is 197. The molecule has 2 N–H and O–H groups in total. The summed E-state index contributed by atoms with van der Waals surface area (Å²) in [5.74, 6) is -2.42. The van der Waals surface area contributed by atoms with Crippen LogP contribution in [0.1, 0.15) is 6.42 Å². The average molecular weight is 223 g/mol. The number of carbonyl (C=O) groups is 2. The Balaban J connectivity index is 4.32. The molecule has 0 fully saturated rings. The van der Waals surface area contributed by atoms with Crippen LogP contribution in [0.4, 0.5) is 0 Å². The number of hydrogen-bond acceptors (Lipinski definition) is 2. The number of halogens is 1. The Morgan fingerprint density at radius 3 is 2.18 bits per heavy atom. The molecule has 62 valence electrons. The maximum absolute atomic E-state index is 10.3. The van der Waals surface area contributed by atoms with Crippen molar-refractivity contribution in [2.45, 2.75) is 6.42 Å². The van der Waals surface area contributed by atoms with Crippen LogP contribution in [0.5, 0.6) is 0 Å². The molecule has 0 aromatic heterocycles. The molecule has 0 unspecified atom stereocenters. The van der Waals surface area contributed by atoms with E-state index in [0.717, 1.165) is 0 Å². The van der Waals surface area contributed by atoms with Crippen LogP contribution in [-0.4, -0.2) is 27.5 Å². The zero-order valence-electron chi connectivity index (χ0n) is 5.58. The van der Waals surface area contributed by atoms with Crippen LogP contribution in [0.3, 0.4) is 0 Å². The zero-order chi connectivity index (χ0) is 8.85. The lowest BCUT2D eigenvalue weighted by atomic mass is 10.2. The van der Waals surface area contributed by atoms with E-state index in [9.17, 15) is 9.59 Å². The van der Waals surface area contributed by atoms with Crippen molar-refractivity contribution in [2.24, 2.45) is 0 Å². The first-order chi connectivity index (χ1) is 5.07. The van der Waals surface area contributed by atoms with Crippen LogP contribution in [-0.2, 0) is 9.59 Å². The minimum absolute atomic E-state index is 0.102. The molecule has 4 nitrogen and oxygen atoms in total. The summed E-state index contributed by atoms with van der Waals surface area (Å²) in [7, 11) is 0. The van der Waals surface area contributed by atoms with Crippen LogP contribution in [0.2, 0.25) is 0 Å². The minimum Gasteiger partial charge on any atom is -0.478 e. The molecule has 0 saturated carbocycles. The maximum Gasteiger partial charge on any atom is 0.331 e. The highest BCUT2D eigenvalue weighted by Crippen LogP contribution is 2.03. The quantitative estimate of drug-likeness (QED) is 0.547. The fourth-order valence-electron chi connectivity index (χ4n) is 0.492. The average Bonchev–Trinajstić information content (AvgIpc) is 1.86. The van der Waals surface area contributed by atoms with Crippen molar-refractivity contribution in [3.63, 3.8) is 0 Å². The second-order valence-electron chi connectivity index (χ2n) is 1.75. The van der Waals surface area contributed by atoms with E-state index >= 15 is 0 Å². The Labute approximate surface area is 71.7 Å². The molecule has 0 aliphatic rings. The van der Waals surface area contributed by atoms with Gasteiger partial charge in [0, 0.05) is 17.0 Å². The second kappa shape index (κ2) is 4.90. The van der Waals surface area contributed by atoms with Gasteiger partial charge in [-0.25, -0.2) is 9.59 Å². The molecule has 11 heavy (non-hydrogen) atoms. The van der Waals surface area contributed by atoms with Crippen molar-refractivity contribution in [1.82, 2.24) is 0 Å². The normalized spacial score (nSPS) is 11.2. The summed E-state index contributed by atoms with van der Waals surface area (Å²) in [6, 6.07) is 0. The topological polar surface area (TPSA) is 74.6 Å². The Kier molecular flexibility index (Phi) is 4.52. The molecular formula is C6H7BrO4. The lowest BCUT2D eigenvalue weighted by Gasteiger charge is -1.95. The highest BCUT2D eigenvalue weighted by molar-refractivity contribution is 9.09. The van der Waals surface area contributed by atoms with Gasteiger partial charge in [-0.15, -0.1) is 0 Å². The second-order valence-corrected chi connectivity index (χ2v) is 2.54. The van der Waals surface area contributed by atoms with Gasteiger partial charge in [0.15, 0.2) is 0 Å². The number of hydrogen-bond donors (Lipinski definition) is 2. The van der Waals surface area contributed by atoms with E-state index in [2.05, 4.69) is 15.9 Å². The number of carboxylic acids is 2. The van der Waals surface area contributed by atoms with Gasteiger partial charge in [0.25, 0.3) is 0 Å². The van der Waals surface area contributed by atoms with E-state index in [1.165, 1.54) is 0 Å². The van der Waals surface area contributed by atoms with Gasteiger partial charge in [-0.05, 0) is 6.42 Å². The van der Waals surface area contributed by atoms with Gasteiger partial charge in [-0.2, -0.15) is 0 Å². The van der Waals surface area contributed by atoms with Gasteiger partial charge in [0.2, 0.25) is 0 Å². The molecular weight excluding hydrogens is 216 g/mol. The van der Waals surface area contributed by atoms with E-state index in [4.69, 9.17) is 10.2 Å². The van der Waals surface area contributed by atoms with Crippen molar-refractivity contribution >= 4 is 27.9 Å². The first-order valence-corrected chi connectivity index (χ1v) is 3.93. The monoisotopic (exact) mass is 222 g/mol. The van der Waals surface area contributed by atoms with E-state index in [0.29, 0.717) is 11.4 Å². The predicted molar refractivity (Wildman–Crippen MR) is 41.8 cm³/mol. The van der Waals surface area contributed by atoms with Crippen LogP contribution in [0, 0.1) is 0 Å². The maximum atomic E-state index is 10.3. The molecule has 0 heterocycles. The molecule has 0 spiro atoms. The molecule has 0 aliphatic heterocycles. The van der Waals surface area contributed by atoms with E-state index in [1.54, 1.807) is 0 Å². The molecule has 5 heteroatoms. The summed E-state index contributed by atoms with van der Waals surface area (Å²) in [6.45, 7) is 0. The van der Waals surface area contributed by atoms with Crippen molar-refractivity contribution in [1.29, 1.82) is 0 Å². The van der Waals surface area contributed by atoms with E-state index in [1.807, 2.05) is 0 Å². The molecule has 0 aromatic carbocycles. The van der Waals surface area contributed by atoms with Crippen LogP contribution in [0.15, 0.2) is 11.6 Å². The summed E-state index contributed by atoms with van der Waals surface area (Å²) in [6.07, 6.45) is 0.908. The van der Waals surface area contributed by atoms with E-state index in [-0.39, 0.29) is 12.0 Å². The summed E-state index contributed by atoms with van der Waals surface area (Å²) in [5, 5.41) is 17.0. The number of aliphatic carboxylic acids is 2. The summed E-state index contributed by atoms with van der Waals surface area (Å²) in [4.78, 5) is 20.3. The number of carboxylic acid groups (broad SMARTS) is 2. The fourth-order valence-corrected chi connectivity index (χ4v) is 0.919. The van der Waals surface area contributed by atoms with Crippen molar-refractivity contribution in [2.75, 3.05) is 5.33 Å². The SMILES string of the molecule is O=C(O)C=C(CCBr)C(=O)O. The molecule has 0 amide bonds. The third kappa shape index (κ3) is 4.55. The lowest BCUT2D eigenvalue weighted by molar-refractivity contribution is -0.135. The molecule has 0 rings (SSSR count). The van der Waals surface area contributed by atoms with Crippen molar-refractivity contribution < 1.29 is 19.8 Å². The van der Waals surface area contributed by atoms with Crippen LogP contribution in [0.25, 0.3) is 0 Å². The van der Waals surface area contributed by atoms with Gasteiger partial charge in [-0.1, -0.05) is 15.9 Å². The Morgan fingerprint density at radius 1 is 1.36 bits per heavy atom. The van der Waals surface area contributed by atoms with Gasteiger partial charge < -0.3 is 10.2 Å². The minimum atomic E-state index is -1.23. The first-order valence-electron chi connectivity index (χ1n) is 2.80. The van der Waals surface area contributed by atoms with Crippen LogP contribution < -0.4 is 0 Å². The Morgan fingerprint density at radius 2 is 1.91 bits per heavy atom. The molecule has 0 aliphatic carbocycles. The largest absolute Gasteiger partial charge is 0.478 e. The molecule has 0 aromatic rings. The highest BCUT2D eigenvalue weighted by Gasteiger charge is 2.07. The highest BCUT2D eigenvalue weighted by atomic mass is 79.9. The lowest BCUT2D eigenvalue weighted by Crippen LogP contribution is -2.04. The Hall–Kier alpha value is -0.840. The van der Waals surface area contributed by atoms with E-state index < -0.39 is 11.9 Å². The van der Waals surface area contributed by atoms with Gasteiger partial charge >= 0.3 is 11.9 Å². The molecule has 0 radical (unpaired) electrons. The molecule has 0 bridgehead atoms. The summed E-state index contributed by atoms with van der Waals surface area (Å²) in [5.41, 5.74) is -0.102. The third-order valence-corrected chi connectivity index (χ3v) is 1.33. The van der Waals surface area contributed by atoms with Gasteiger partial charge in [0.05, 0.1) is 0 Å². The number of alkyl halides is 1. The smallest absolute Gasteiger partial charge is 0.331 e. The first kappa shape index (κ1) is 10.2. The summed E-state index contributed by atoms with van der Waals surface area (Å²) >= 11 is 3.01. The summed E-state index contributed by atoms with van der Waals surface area (Å²) < 4.78 is 0. The molecule has 0 saturated heterocycles. The molecule has 0 atom stereocenters. The number of rotatable bonds is 4.